The van der Waals surface area contributed by atoms with E-state index >= 15 is 0 Å². The van der Waals surface area contributed by atoms with E-state index in [-0.39, 0.29) is 5.91 Å². The van der Waals surface area contributed by atoms with Gasteiger partial charge >= 0.3 is 0 Å². The highest BCUT2D eigenvalue weighted by Crippen LogP contribution is 2.16. The predicted octanol–water partition coefficient (Wildman–Crippen LogP) is 4.65. The Morgan fingerprint density at radius 1 is 1.07 bits per heavy atom. The van der Waals surface area contributed by atoms with Crippen LogP contribution in [0.25, 0.3) is 0 Å². The molecule has 0 bridgehead atoms. The highest BCUT2D eigenvalue weighted by molar-refractivity contribution is 5.94. The molecule has 0 aromatic heterocycles. The lowest BCUT2D eigenvalue weighted by molar-refractivity contribution is 0.0951. The molecule has 1 aliphatic rings. The molecule has 0 radical (unpaired) electrons. The van der Waals surface area contributed by atoms with Crippen molar-refractivity contribution in [3.05, 3.63) is 65.7 Å². The van der Waals surface area contributed by atoms with E-state index in [4.69, 9.17) is 4.74 Å². The number of unbranched alkanes of at least 4 members (excludes halogenated alkanes) is 1. The molecule has 1 atom stereocenters. The minimum Gasteiger partial charge on any atom is -0.489 e. The number of carbonyl (C=O) groups excluding carboxylic acids is 1. The van der Waals surface area contributed by atoms with Crippen LogP contribution in [-0.2, 0) is 6.61 Å². The highest BCUT2D eigenvalue weighted by atomic mass is 16.5. The van der Waals surface area contributed by atoms with Gasteiger partial charge in [0.2, 0.25) is 0 Å². The van der Waals surface area contributed by atoms with E-state index < -0.39 is 0 Å². The lowest BCUT2D eigenvalue weighted by Crippen LogP contribution is -2.38. The van der Waals surface area contributed by atoms with Crippen LogP contribution in [0.4, 0.5) is 0 Å². The van der Waals surface area contributed by atoms with Crippen molar-refractivity contribution in [3.8, 4) is 5.75 Å². The van der Waals surface area contributed by atoms with Gasteiger partial charge in [-0.3, -0.25) is 4.79 Å². The number of nitrogens with one attached hydrogen (secondary N) is 1. The summed E-state index contributed by atoms with van der Waals surface area (Å²) in [5.41, 5.74) is 1.75. The molecule has 4 nitrogen and oxygen atoms in total. The first-order chi connectivity index (χ1) is 13.7. The van der Waals surface area contributed by atoms with Crippen molar-refractivity contribution in [2.75, 3.05) is 19.6 Å². The van der Waals surface area contributed by atoms with Crippen LogP contribution in [0.1, 0.15) is 54.9 Å². The minimum absolute atomic E-state index is 0.00173. The Hall–Kier alpha value is -2.33. The second kappa shape index (κ2) is 10.9. The Morgan fingerprint density at radius 3 is 2.61 bits per heavy atom. The normalized spacial score (nSPS) is 17.2. The number of benzene rings is 2. The van der Waals surface area contributed by atoms with Crippen LogP contribution in [0, 0.1) is 0 Å². The van der Waals surface area contributed by atoms with Gasteiger partial charge in [0.05, 0.1) is 0 Å². The molecule has 2 aromatic rings. The number of piperidine rings is 1. The molecule has 150 valence electrons. The number of rotatable bonds is 9. The van der Waals surface area contributed by atoms with Crippen molar-refractivity contribution >= 4 is 5.91 Å². The van der Waals surface area contributed by atoms with Crippen LogP contribution >= 0.6 is 0 Å². The third-order valence-electron chi connectivity index (χ3n) is 5.46. The van der Waals surface area contributed by atoms with Crippen molar-refractivity contribution in [3.63, 3.8) is 0 Å². The van der Waals surface area contributed by atoms with E-state index in [0.717, 1.165) is 37.2 Å². The second-order valence-corrected chi connectivity index (χ2v) is 7.64. The minimum atomic E-state index is 0.00173. The maximum atomic E-state index is 12.3. The third kappa shape index (κ3) is 6.38. The van der Waals surface area contributed by atoms with Crippen molar-refractivity contribution in [1.29, 1.82) is 0 Å². The van der Waals surface area contributed by atoms with Gasteiger partial charge < -0.3 is 15.0 Å². The van der Waals surface area contributed by atoms with Crippen molar-refractivity contribution in [1.82, 2.24) is 10.2 Å². The van der Waals surface area contributed by atoms with E-state index in [0.29, 0.717) is 18.2 Å². The van der Waals surface area contributed by atoms with E-state index in [1.807, 2.05) is 54.6 Å². The number of carbonyl (C=O) groups is 1. The first-order valence-electron chi connectivity index (χ1n) is 10.5. The van der Waals surface area contributed by atoms with Gasteiger partial charge in [-0.2, -0.15) is 0 Å². The van der Waals surface area contributed by atoms with Crippen molar-refractivity contribution in [2.24, 2.45) is 0 Å². The smallest absolute Gasteiger partial charge is 0.251 e. The summed E-state index contributed by atoms with van der Waals surface area (Å²) in [5, 5.41) is 3.04. The van der Waals surface area contributed by atoms with E-state index in [1.54, 1.807) is 0 Å². The molecule has 0 saturated carbocycles. The molecule has 1 saturated heterocycles. The van der Waals surface area contributed by atoms with Gasteiger partial charge in [0.25, 0.3) is 5.91 Å². The zero-order valence-electron chi connectivity index (χ0n) is 16.9. The lowest BCUT2D eigenvalue weighted by atomic mass is 10.0. The fourth-order valence-corrected chi connectivity index (χ4v) is 3.67. The van der Waals surface area contributed by atoms with Crippen molar-refractivity contribution in [2.45, 2.75) is 51.7 Å². The monoisotopic (exact) mass is 380 g/mol. The standard InChI is InChI=1S/C24H32N2O2/c1-20-9-5-7-17-26(20)18-8-6-16-25-24(27)22-14-12-21(13-15-22)19-28-23-10-3-2-4-11-23/h2-4,10-15,20H,5-9,16-19H2,1H3,(H,25,27). The van der Waals surface area contributed by atoms with Gasteiger partial charge in [0, 0.05) is 18.2 Å². The van der Waals surface area contributed by atoms with Crippen LogP contribution < -0.4 is 10.1 Å². The van der Waals surface area contributed by atoms with Crippen LogP contribution in [0.2, 0.25) is 0 Å². The predicted molar refractivity (Wildman–Crippen MR) is 114 cm³/mol. The molecule has 1 amide bonds. The molecule has 1 N–H and O–H groups in total. The number of amides is 1. The van der Waals surface area contributed by atoms with E-state index in [1.165, 1.54) is 25.8 Å². The molecular weight excluding hydrogens is 348 g/mol. The summed E-state index contributed by atoms with van der Waals surface area (Å²) in [6.07, 6.45) is 6.18. The molecule has 1 fully saturated rings. The summed E-state index contributed by atoms with van der Waals surface area (Å²) in [6, 6.07) is 18.1. The second-order valence-electron chi connectivity index (χ2n) is 7.64. The largest absolute Gasteiger partial charge is 0.489 e. The quantitative estimate of drug-likeness (QED) is 0.644. The summed E-state index contributed by atoms with van der Waals surface area (Å²) in [7, 11) is 0. The average Bonchev–Trinajstić information content (AvgIpc) is 2.74. The van der Waals surface area contributed by atoms with Crippen LogP contribution in [0.5, 0.6) is 5.75 Å². The molecule has 4 heteroatoms. The van der Waals surface area contributed by atoms with Gasteiger partial charge in [-0.1, -0.05) is 36.8 Å². The lowest BCUT2D eigenvalue weighted by Gasteiger charge is -2.33. The number of likely N-dealkylation sites (tertiary alicyclic amines) is 1. The number of hydrogen-bond acceptors (Lipinski definition) is 3. The molecular formula is C24H32N2O2. The van der Waals surface area contributed by atoms with E-state index in [9.17, 15) is 4.79 Å². The number of hydrogen-bond donors (Lipinski definition) is 1. The fraction of sp³-hybridized carbons (Fsp3) is 0.458. The highest BCUT2D eigenvalue weighted by Gasteiger charge is 2.17. The Labute approximate surface area is 168 Å². The van der Waals surface area contributed by atoms with Crippen LogP contribution in [-0.4, -0.2) is 36.5 Å². The Morgan fingerprint density at radius 2 is 1.86 bits per heavy atom. The topological polar surface area (TPSA) is 41.6 Å². The summed E-state index contributed by atoms with van der Waals surface area (Å²) < 4.78 is 5.74. The SMILES string of the molecule is CC1CCCCN1CCCCNC(=O)c1ccc(COc2ccccc2)cc1. The Bertz CT molecular complexity index is 715. The zero-order valence-corrected chi connectivity index (χ0v) is 16.9. The molecule has 0 aliphatic carbocycles. The van der Waals surface area contributed by atoms with Gasteiger partial charge in [-0.25, -0.2) is 0 Å². The molecule has 1 heterocycles. The summed E-state index contributed by atoms with van der Waals surface area (Å²) in [6.45, 7) is 5.94. The van der Waals surface area contributed by atoms with Crippen molar-refractivity contribution < 1.29 is 9.53 Å². The zero-order chi connectivity index (χ0) is 19.6. The molecule has 3 rings (SSSR count). The molecule has 1 unspecified atom stereocenters. The summed E-state index contributed by atoms with van der Waals surface area (Å²) >= 11 is 0. The van der Waals surface area contributed by atoms with Crippen LogP contribution in [0.15, 0.2) is 54.6 Å². The van der Waals surface area contributed by atoms with Gasteiger partial charge in [-0.05, 0) is 75.5 Å². The summed E-state index contributed by atoms with van der Waals surface area (Å²) in [4.78, 5) is 14.9. The van der Waals surface area contributed by atoms with Gasteiger partial charge in [0.15, 0.2) is 0 Å². The molecule has 28 heavy (non-hydrogen) atoms. The molecule has 2 aromatic carbocycles. The Kier molecular flexibility index (Phi) is 7.92. The first-order valence-corrected chi connectivity index (χ1v) is 10.5. The maximum Gasteiger partial charge on any atom is 0.251 e. The third-order valence-corrected chi connectivity index (χ3v) is 5.46. The summed E-state index contributed by atoms with van der Waals surface area (Å²) in [5.74, 6) is 0.852. The average molecular weight is 381 g/mol. The number of nitrogens with zero attached hydrogens (tertiary/aromatic N) is 1. The Balaban J connectivity index is 1.34. The van der Waals surface area contributed by atoms with E-state index in [2.05, 4.69) is 17.1 Å². The number of ether oxygens (including phenoxy) is 1. The van der Waals surface area contributed by atoms with Gasteiger partial charge in [-0.15, -0.1) is 0 Å². The fourth-order valence-electron chi connectivity index (χ4n) is 3.67. The number of para-hydroxylation sites is 1. The van der Waals surface area contributed by atoms with Crippen LogP contribution in [0.3, 0.4) is 0 Å². The first kappa shape index (κ1) is 20.4. The molecule has 1 aliphatic heterocycles. The van der Waals surface area contributed by atoms with Gasteiger partial charge in [0.1, 0.15) is 12.4 Å². The maximum absolute atomic E-state index is 12.3. The molecule has 0 spiro atoms.